The summed E-state index contributed by atoms with van der Waals surface area (Å²) in [4.78, 5) is 0.264. The Morgan fingerprint density at radius 2 is 2.21 bits per heavy atom. The number of furan rings is 1. The first-order valence-corrected chi connectivity index (χ1v) is 4.49. The van der Waals surface area contributed by atoms with Crippen LogP contribution < -0.4 is 10.5 Å². The van der Waals surface area contributed by atoms with Gasteiger partial charge in [-0.3, -0.25) is 0 Å². The maximum absolute atomic E-state index is 5.45. The van der Waals surface area contributed by atoms with Crippen LogP contribution in [0.25, 0.3) is 11.0 Å². The van der Waals surface area contributed by atoms with Gasteiger partial charge in [-0.2, -0.15) is 0 Å². The molecule has 2 aromatic rings. The van der Waals surface area contributed by atoms with Crippen molar-refractivity contribution in [3.05, 3.63) is 30.0 Å². The second kappa shape index (κ2) is 3.31. The Hall–Kier alpha value is -1.55. The van der Waals surface area contributed by atoms with Crippen LogP contribution in [0.2, 0.25) is 0 Å². The molecule has 1 aromatic heterocycles. The number of thiocarbonyl (C=S) groups is 1. The lowest BCUT2D eigenvalue weighted by molar-refractivity contribution is 0.415. The molecule has 14 heavy (non-hydrogen) atoms. The zero-order valence-electron chi connectivity index (χ0n) is 7.61. The van der Waals surface area contributed by atoms with Crippen molar-refractivity contribution in [2.45, 2.75) is 0 Å². The molecule has 0 saturated carbocycles. The van der Waals surface area contributed by atoms with Gasteiger partial charge in [0.05, 0.1) is 7.11 Å². The summed E-state index contributed by atoms with van der Waals surface area (Å²) in [5.74, 6) is 1.32. The third kappa shape index (κ3) is 1.44. The van der Waals surface area contributed by atoms with Gasteiger partial charge in [0.1, 0.15) is 16.3 Å². The van der Waals surface area contributed by atoms with Crippen LogP contribution in [0.5, 0.6) is 5.75 Å². The summed E-state index contributed by atoms with van der Waals surface area (Å²) in [7, 11) is 1.62. The van der Waals surface area contributed by atoms with Gasteiger partial charge in [-0.15, -0.1) is 0 Å². The summed E-state index contributed by atoms with van der Waals surface area (Å²) in [6.45, 7) is 0. The molecule has 0 aliphatic rings. The lowest BCUT2D eigenvalue weighted by atomic mass is 10.2. The molecule has 0 aliphatic heterocycles. The van der Waals surface area contributed by atoms with Crippen molar-refractivity contribution in [3.8, 4) is 5.75 Å². The SMILES string of the molecule is COc1ccc2oc(C(N)=S)cc2c1. The number of methoxy groups -OCH3 is 1. The highest BCUT2D eigenvalue weighted by Gasteiger charge is 2.06. The summed E-state index contributed by atoms with van der Waals surface area (Å²) in [5, 5.41) is 0.937. The summed E-state index contributed by atoms with van der Waals surface area (Å²) >= 11 is 4.82. The first-order chi connectivity index (χ1) is 6.70. The van der Waals surface area contributed by atoms with Crippen molar-refractivity contribution in [1.29, 1.82) is 0 Å². The molecule has 1 aromatic carbocycles. The van der Waals surface area contributed by atoms with E-state index in [1.54, 1.807) is 13.2 Å². The highest BCUT2D eigenvalue weighted by Crippen LogP contribution is 2.23. The predicted molar refractivity (Wildman–Crippen MR) is 58.7 cm³/mol. The van der Waals surface area contributed by atoms with Gasteiger partial charge in [-0.05, 0) is 24.3 Å². The zero-order chi connectivity index (χ0) is 10.1. The molecular weight excluding hydrogens is 198 g/mol. The normalized spacial score (nSPS) is 10.4. The highest BCUT2D eigenvalue weighted by atomic mass is 32.1. The van der Waals surface area contributed by atoms with Gasteiger partial charge in [0.2, 0.25) is 0 Å². The van der Waals surface area contributed by atoms with Gasteiger partial charge in [-0.25, -0.2) is 0 Å². The maximum atomic E-state index is 5.45. The van der Waals surface area contributed by atoms with Crippen LogP contribution in [0.4, 0.5) is 0 Å². The summed E-state index contributed by atoms with van der Waals surface area (Å²) in [6, 6.07) is 7.34. The van der Waals surface area contributed by atoms with Crippen LogP contribution in [-0.4, -0.2) is 12.1 Å². The Morgan fingerprint density at radius 1 is 1.43 bits per heavy atom. The third-order valence-electron chi connectivity index (χ3n) is 1.97. The number of ether oxygens (including phenoxy) is 1. The Balaban J connectivity index is 2.60. The molecule has 0 aliphatic carbocycles. The fourth-order valence-corrected chi connectivity index (χ4v) is 1.37. The van der Waals surface area contributed by atoms with E-state index in [9.17, 15) is 0 Å². The van der Waals surface area contributed by atoms with E-state index in [4.69, 9.17) is 27.1 Å². The van der Waals surface area contributed by atoms with Gasteiger partial charge in [-0.1, -0.05) is 12.2 Å². The average molecular weight is 207 g/mol. The molecule has 1 heterocycles. The molecule has 0 atom stereocenters. The molecule has 0 unspecified atom stereocenters. The quantitative estimate of drug-likeness (QED) is 0.766. The van der Waals surface area contributed by atoms with Crippen LogP contribution in [0.1, 0.15) is 5.76 Å². The van der Waals surface area contributed by atoms with E-state index in [-0.39, 0.29) is 4.99 Å². The van der Waals surface area contributed by atoms with E-state index in [2.05, 4.69) is 0 Å². The predicted octanol–water partition coefficient (Wildman–Crippen LogP) is 2.08. The molecule has 4 heteroatoms. The fraction of sp³-hybridized carbons (Fsp3) is 0.100. The topological polar surface area (TPSA) is 48.4 Å². The summed E-state index contributed by atoms with van der Waals surface area (Å²) < 4.78 is 10.5. The molecule has 0 amide bonds. The monoisotopic (exact) mass is 207 g/mol. The summed E-state index contributed by atoms with van der Waals surface area (Å²) in [5.41, 5.74) is 6.21. The van der Waals surface area contributed by atoms with E-state index in [0.717, 1.165) is 16.7 Å². The summed E-state index contributed by atoms with van der Waals surface area (Å²) in [6.07, 6.45) is 0. The Kier molecular flexibility index (Phi) is 2.13. The number of hydrogen-bond donors (Lipinski definition) is 1. The molecule has 2 rings (SSSR count). The van der Waals surface area contributed by atoms with Crippen molar-refractivity contribution in [2.24, 2.45) is 5.73 Å². The van der Waals surface area contributed by atoms with Crippen LogP contribution in [0.3, 0.4) is 0 Å². The van der Waals surface area contributed by atoms with Crippen molar-refractivity contribution >= 4 is 28.2 Å². The molecule has 2 N–H and O–H groups in total. The van der Waals surface area contributed by atoms with Gasteiger partial charge in [0, 0.05) is 5.39 Å². The number of nitrogens with two attached hydrogens (primary N) is 1. The smallest absolute Gasteiger partial charge is 0.162 e. The highest BCUT2D eigenvalue weighted by molar-refractivity contribution is 7.80. The molecule has 0 spiro atoms. The molecule has 0 fully saturated rings. The largest absolute Gasteiger partial charge is 0.497 e. The lowest BCUT2D eigenvalue weighted by Gasteiger charge is -1.96. The fourth-order valence-electron chi connectivity index (χ4n) is 1.27. The lowest BCUT2D eigenvalue weighted by Crippen LogP contribution is -2.07. The van der Waals surface area contributed by atoms with Gasteiger partial charge >= 0.3 is 0 Å². The van der Waals surface area contributed by atoms with Crippen LogP contribution in [-0.2, 0) is 0 Å². The minimum Gasteiger partial charge on any atom is -0.497 e. The standard InChI is InChI=1S/C10H9NO2S/c1-12-7-2-3-8-6(4-7)5-9(13-8)10(11)14/h2-5H,1H3,(H2,11,14). The molecular formula is C10H9NO2S. The molecule has 3 nitrogen and oxygen atoms in total. The Morgan fingerprint density at radius 3 is 2.86 bits per heavy atom. The van der Waals surface area contributed by atoms with Crippen molar-refractivity contribution < 1.29 is 9.15 Å². The average Bonchev–Trinajstić information content (AvgIpc) is 2.59. The van der Waals surface area contributed by atoms with Crippen LogP contribution >= 0.6 is 12.2 Å². The second-order valence-electron chi connectivity index (χ2n) is 2.88. The zero-order valence-corrected chi connectivity index (χ0v) is 8.43. The van der Waals surface area contributed by atoms with Crippen LogP contribution in [0.15, 0.2) is 28.7 Å². The van der Waals surface area contributed by atoms with Crippen molar-refractivity contribution in [2.75, 3.05) is 7.11 Å². The van der Waals surface area contributed by atoms with Gasteiger partial charge < -0.3 is 14.9 Å². The van der Waals surface area contributed by atoms with Crippen molar-refractivity contribution in [1.82, 2.24) is 0 Å². The molecule has 72 valence electrons. The number of benzene rings is 1. The maximum Gasteiger partial charge on any atom is 0.162 e. The van der Waals surface area contributed by atoms with Gasteiger partial charge in [0.15, 0.2) is 5.76 Å². The van der Waals surface area contributed by atoms with E-state index in [1.165, 1.54) is 0 Å². The Labute approximate surface area is 86.4 Å². The Bertz CT molecular complexity index is 490. The molecule has 0 saturated heterocycles. The van der Waals surface area contributed by atoms with Gasteiger partial charge in [0.25, 0.3) is 0 Å². The first-order valence-electron chi connectivity index (χ1n) is 4.08. The van der Waals surface area contributed by atoms with E-state index in [1.807, 2.05) is 18.2 Å². The number of rotatable bonds is 2. The first kappa shape index (κ1) is 9.02. The third-order valence-corrected chi connectivity index (χ3v) is 2.17. The van der Waals surface area contributed by atoms with Crippen molar-refractivity contribution in [3.63, 3.8) is 0 Å². The van der Waals surface area contributed by atoms with E-state index < -0.39 is 0 Å². The molecule has 0 bridgehead atoms. The minimum atomic E-state index is 0.264. The van der Waals surface area contributed by atoms with E-state index >= 15 is 0 Å². The minimum absolute atomic E-state index is 0.264. The number of fused-ring (bicyclic) bond motifs is 1. The number of hydrogen-bond acceptors (Lipinski definition) is 3. The molecule has 0 radical (unpaired) electrons. The van der Waals surface area contributed by atoms with Crippen LogP contribution in [0, 0.1) is 0 Å². The second-order valence-corrected chi connectivity index (χ2v) is 3.32. The van der Waals surface area contributed by atoms with E-state index in [0.29, 0.717) is 5.76 Å².